The van der Waals surface area contributed by atoms with Crippen molar-refractivity contribution in [2.24, 2.45) is 0 Å². The van der Waals surface area contributed by atoms with Gasteiger partial charge in [0.25, 0.3) is 0 Å². The predicted molar refractivity (Wildman–Crippen MR) is 75.4 cm³/mol. The van der Waals surface area contributed by atoms with Crippen LogP contribution in [0.3, 0.4) is 0 Å². The summed E-state index contributed by atoms with van der Waals surface area (Å²) in [5.74, 6) is 0.781. The Balaban J connectivity index is 2.23. The van der Waals surface area contributed by atoms with Gasteiger partial charge in [0.1, 0.15) is 5.82 Å². The molecular weight excluding hydrogens is 240 g/mol. The largest absolute Gasteiger partial charge is 0.392 e. The molecule has 0 spiro atoms. The number of hydrogen-bond acceptors (Lipinski definition) is 4. The molecule has 0 bridgehead atoms. The zero-order chi connectivity index (χ0) is 13.4. The number of nitrogens with one attached hydrogen (secondary N) is 1. The van der Waals surface area contributed by atoms with Gasteiger partial charge in [-0.1, -0.05) is 12.1 Å². The molecule has 3 rings (SSSR count). The Hall–Kier alpha value is -2.14. The molecule has 0 aliphatic heterocycles. The normalized spacial score (nSPS) is 13.0. The summed E-state index contributed by atoms with van der Waals surface area (Å²) in [6.07, 6.45) is -0.413. The Bertz CT molecular complexity index is 733. The number of aliphatic hydroxyl groups excluding tert-OH is 1. The third-order valence-electron chi connectivity index (χ3n) is 2.99. The van der Waals surface area contributed by atoms with Crippen LogP contribution in [0.2, 0.25) is 0 Å². The van der Waals surface area contributed by atoms with E-state index in [1.54, 1.807) is 6.92 Å². The fraction of sp³-hybridized carbons (Fsp3) is 0.286. The molecular formula is C14H16N4O. The maximum Gasteiger partial charge on any atom is 0.158 e. The van der Waals surface area contributed by atoms with Gasteiger partial charge in [-0.3, -0.25) is 0 Å². The van der Waals surface area contributed by atoms with Gasteiger partial charge in [-0.2, -0.15) is 5.10 Å². The zero-order valence-corrected chi connectivity index (χ0v) is 11.0. The van der Waals surface area contributed by atoms with Gasteiger partial charge in [-0.25, -0.2) is 9.50 Å². The minimum Gasteiger partial charge on any atom is -0.392 e. The van der Waals surface area contributed by atoms with Crippen LogP contribution < -0.4 is 5.32 Å². The Morgan fingerprint density at radius 1 is 1.37 bits per heavy atom. The van der Waals surface area contributed by atoms with E-state index in [0.29, 0.717) is 6.54 Å². The van der Waals surface area contributed by atoms with E-state index < -0.39 is 6.10 Å². The van der Waals surface area contributed by atoms with Crippen LogP contribution in [-0.2, 0) is 0 Å². The van der Waals surface area contributed by atoms with E-state index in [-0.39, 0.29) is 0 Å². The lowest BCUT2D eigenvalue weighted by Gasteiger charge is -2.11. The Morgan fingerprint density at radius 2 is 2.16 bits per heavy atom. The molecule has 0 aliphatic rings. The number of benzene rings is 1. The summed E-state index contributed by atoms with van der Waals surface area (Å²) in [6, 6.07) is 9.92. The number of fused-ring (bicyclic) bond motifs is 3. The van der Waals surface area contributed by atoms with Gasteiger partial charge >= 0.3 is 0 Å². The number of nitrogens with zero attached hydrogens (tertiary/aromatic N) is 3. The van der Waals surface area contributed by atoms with Crippen molar-refractivity contribution in [3.63, 3.8) is 0 Å². The highest BCUT2D eigenvalue weighted by Gasteiger charge is 2.09. The lowest BCUT2D eigenvalue weighted by atomic mass is 10.2. The molecule has 2 aromatic heterocycles. The predicted octanol–water partition coefficient (Wildman–Crippen LogP) is 1.98. The first kappa shape index (κ1) is 11.9. The second-order valence-corrected chi connectivity index (χ2v) is 4.76. The fourth-order valence-electron chi connectivity index (χ4n) is 2.16. The van der Waals surface area contributed by atoms with Crippen molar-refractivity contribution in [3.05, 3.63) is 36.0 Å². The summed E-state index contributed by atoms with van der Waals surface area (Å²) in [6.45, 7) is 4.17. The van der Waals surface area contributed by atoms with Crippen LogP contribution in [0.4, 0.5) is 5.82 Å². The molecule has 5 heteroatoms. The van der Waals surface area contributed by atoms with Crippen LogP contribution in [0.5, 0.6) is 0 Å². The Labute approximate surface area is 110 Å². The molecule has 98 valence electrons. The van der Waals surface area contributed by atoms with Gasteiger partial charge in [0.15, 0.2) is 5.65 Å². The maximum atomic E-state index is 9.40. The molecule has 1 aromatic carbocycles. The number of aromatic nitrogens is 3. The van der Waals surface area contributed by atoms with Gasteiger partial charge in [-0.15, -0.1) is 0 Å². The number of aryl methyl sites for hydroxylation is 1. The highest BCUT2D eigenvalue weighted by molar-refractivity contribution is 5.91. The minimum absolute atomic E-state index is 0.413. The molecule has 5 nitrogen and oxygen atoms in total. The summed E-state index contributed by atoms with van der Waals surface area (Å²) < 4.78 is 1.85. The first-order valence-electron chi connectivity index (χ1n) is 6.32. The van der Waals surface area contributed by atoms with E-state index in [0.717, 1.165) is 28.1 Å². The number of rotatable bonds is 3. The van der Waals surface area contributed by atoms with Gasteiger partial charge in [-0.05, 0) is 26.0 Å². The van der Waals surface area contributed by atoms with Crippen molar-refractivity contribution in [1.82, 2.24) is 14.6 Å². The van der Waals surface area contributed by atoms with Crippen LogP contribution in [0.15, 0.2) is 30.3 Å². The molecule has 3 aromatic rings. The monoisotopic (exact) mass is 256 g/mol. The standard InChI is InChI=1S/C14H16N4O/c1-9-7-13-16-14(15-8-10(2)19)11-5-3-4-6-12(11)18(13)17-9/h3-7,10,19H,8H2,1-2H3,(H,15,16)/t10-/m1/s1. The molecule has 0 saturated carbocycles. The quantitative estimate of drug-likeness (QED) is 0.752. The van der Waals surface area contributed by atoms with Crippen molar-refractivity contribution in [2.45, 2.75) is 20.0 Å². The third kappa shape index (κ3) is 2.13. The van der Waals surface area contributed by atoms with E-state index in [1.807, 2.05) is 41.8 Å². The average Bonchev–Trinajstić information content (AvgIpc) is 2.76. The summed E-state index contributed by atoms with van der Waals surface area (Å²) in [4.78, 5) is 4.57. The molecule has 0 unspecified atom stereocenters. The van der Waals surface area contributed by atoms with Gasteiger partial charge in [0, 0.05) is 18.0 Å². The maximum absolute atomic E-state index is 9.40. The lowest BCUT2D eigenvalue weighted by molar-refractivity contribution is 0.208. The molecule has 19 heavy (non-hydrogen) atoms. The highest BCUT2D eigenvalue weighted by atomic mass is 16.3. The van der Waals surface area contributed by atoms with Crippen molar-refractivity contribution in [2.75, 3.05) is 11.9 Å². The molecule has 0 saturated heterocycles. The first-order valence-corrected chi connectivity index (χ1v) is 6.32. The van der Waals surface area contributed by atoms with Crippen LogP contribution in [0.25, 0.3) is 16.6 Å². The van der Waals surface area contributed by atoms with Crippen molar-refractivity contribution in [3.8, 4) is 0 Å². The van der Waals surface area contributed by atoms with E-state index in [2.05, 4.69) is 15.4 Å². The first-order chi connectivity index (χ1) is 9.15. The summed E-state index contributed by atoms with van der Waals surface area (Å²) in [7, 11) is 0. The summed E-state index contributed by atoms with van der Waals surface area (Å²) >= 11 is 0. The van der Waals surface area contributed by atoms with Crippen LogP contribution in [0.1, 0.15) is 12.6 Å². The SMILES string of the molecule is Cc1cc2nc(NC[C@@H](C)O)c3ccccc3n2n1. The van der Waals surface area contributed by atoms with Crippen molar-refractivity contribution >= 4 is 22.4 Å². The Kier molecular flexibility index (Phi) is 2.83. The molecule has 1 atom stereocenters. The highest BCUT2D eigenvalue weighted by Crippen LogP contribution is 2.23. The van der Waals surface area contributed by atoms with Gasteiger partial charge in [0.2, 0.25) is 0 Å². The van der Waals surface area contributed by atoms with E-state index in [4.69, 9.17) is 0 Å². The minimum atomic E-state index is -0.413. The lowest BCUT2D eigenvalue weighted by Crippen LogP contribution is -2.16. The Morgan fingerprint density at radius 3 is 2.95 bits per heavy atom. The van der Waals surface area contributed by atoms with Crippen LogP contribution >= 0.6 is 0 Å². The number of para-hydroxylation sites is 1. The van der Waals surface area contributed by atoms with Crippen LogP contribution in [0, 0.1) is 6.92 Å². The molecule has 2 N–H and O–H groups in total. The number of aliphatic hydroxyl groups is 1. The topological polar surface area (TPSA) is 62.5 Å². The summed E-state index contributed by atoms with van der Waals surface area (Å²) in [5.41, 5.74) is 2.75. The molecule has 0 radical (unpaired) electrons. The number of hydrogen-bond donors (Lipinski definition) is 2. The van der Waals surface area contributed by atoms with E-state index in [1.165, 1.54) is 0 Å². The summed E-state index contributed by atoms with van der Waals surface area (Å²) in [5, 5.41) is 18.0. The third-order valence-corrected chi connectivity index (χ3v) is 2.99. The van der Waals surface area contributed by atoms with E-state index >= 15 is 0 Å². The smallest absolute Gasteiger partial charge is 0.158 e. The molecule has 2 heterocycles. The fourth-order valence-corrected chi connectivity index (χ4v) is 2.16. The average molecular weight is 256 g/mol. The van der Waals surface area contributed by atoms with Crippen molar-refractivity contribution < 1.29 is 5.11 Å². The molecule has 0 aliphatic carbocycles. The molecule has 0 amide bonds. The second kappa shape index (κ2) is 4.51. The van der Waals surface area contributed by atoms with Crippen molar-refractivity contribution in [1.29, 1.82) is 0 Å². The van der Waals surface area contributed by atoms with Gasteiger partial charge in [0.05, 0.1) is 17.3 Å². The number of anilines is 1. The van der Waals surface area contributed by atoms with E-state index in [9.17, 15) is 5.11 Å². The zero-order valence-electron chi connectivity index (χ0n) is 11.0. The van der Waals surface area contributed by atoms with Gasteiger partial charge < -0.3 is 10.4 Å². The van der Waals surface area contributed by atoms with Crippen LogP contribution in [-0.4, -0.2) is 32.4 Å². The second-order valence-electron chi connectivity index (χ2n) is 4.76. The molecule has 0 fully saturated rings.